The van der Waals surface area contributed by atoms with E-state index in [1.165, 1.54) is 20.3 Å². The van der Waals surface area contributed by atoms with Crippen LogP contribution in [-0.2, 0) is 29.0 Å². The van der Waals surface area contributed by atoms with E-state index in [0.29, 0.717) is 47.9 Å². The number of methoxy groups -OCH3 is 2. The molecule has 50 heavy (non-hydrogen) atoms. The van der Waals surface area contributed by atoms with Crippen LogP contribution in [0.2, 0.25) is 0 Å². The number of hydrogen-bond acceptors (Lipinski definition) is 9. The second-order valence-corrected chi connectivity index (χ2v) is 12.1. The summed E-state index contributed by atoms with van der Waals surface area (Å²) in [5.41, 5.74) is 5.51. The lowest BCUT2D eigenvalue weighted by atomic mass is 9.96. The van der Waals surface area contributed by atoms with Gasteiger partial charge in [0.1, 0.15) is 12.4 Å². The fourth-order valence-electron chi connectivity index (χ4n) is 5.49. The molecule has 0 aliphatic rings. The van der Waals surface area contributed by atoms with Gasteiger partial charge in [0.05, 0.1) is 44.9 Å². The third-order valence-corrected chi connectivity index (χ3v) is 8.56. The summed E-state index contributed by atoms with van der Waals surface area (Å²) in [6.45, 7) is 1.40. The Morgan fingerprint density at radius 3 is 1.74 bits per heavy atom. The Bertz CT molecular complexity index is 1930. The van der Waals surface area contributed by atoms with Gasteiger partial charge in [-0.05, 0) is 58.1 Å². The average molecular weight is 688 g/mol. The first-order valence-electron chi connectivity index (χ1n) is 15.9. The molecule has 0 saturated heterocycles. The molecule has 0 bridgehead atoms. The molecule has 0 saturated carbocycles. The Hall–Kier alpha value is -5.45. The smallest absolute Gasteiger partial charge is 0.170 e. The minimum Gasteiger partial charge on any atom is -0.504 e. The molecule has 0 heterocycles. The second kappa shape index (κ2) is 16.8. The highest BCUT2D eigenvalue weighted by molar-refractivity contribution is 7.94. The van der Waals surface area contributed by atoms with Crippen LogP contribution in [0.4, 0.5) is 0 Å². The van der Waals surface area contributed by atoms with Crippen molar-refractivity contribution in [2.75, 3.05) is 14.2 Å². The highest BCUT2D eigenvalue weighted by Crippen LogP contribution is 2.50. The number of ether oxygens (including phenoxy) is 3. The van der Waals surface area contributed by atoms with Crippen molar-refractivity contribution in [1.82, 2.24) is 5.06 Å². The largest absolute Gasteiger partial charge is 0.504 e. The molecule has 2 N–H and O–H groups in total. The van der Waals surface area contributed by atoms with Crippen molar-refractivity contribution in [2.24, 2.45) is 0 Å². The van der Waals surface area contributed by atoms with Crippen molar-refractivity contribution in [3.8, 4) is 51.0 Å². The summed E-state index contributed by atoms with van der Waals surface area (Å²) in [6, 6.07) is 44.2. The van der Waals surface area contributed by atoms with E-state index in [4.69, 9.17) is 23.5 Å². The van der Waals surface area contributed by atoms with Gasteiger partial charge in [-0.3, -0.25) is 0 Å². The van der Waals surface area contributed by atoms with Gasteiger partial charge in [0.15, 0.2) is 23.0 Å². The molecule has 0 aliphatic heterocycles. The highest BCUT2D eigenvalue weighted by atomic mass is 32.2. The van der Waals surface area contributed by atoms with Gasteiger partial charge in [0, 0.05) is 10.5 Å². The van der Waals surface area contributed by atoms with E-state index in [0.717, 1.165) is 39.2 Å². The van der Waals surface area contributed by atoms with Crippen molar-refractivity contribution in [3.05, 3.63) is 156 Å². The van der Waals surface area contributed by atoms with Crippen LogP contribution in [0.25, 0.3) is 22.3 Å². The Labute approximate surface area is 296 Å². The number of rotatable bonds is 15. The predicted octanol–water partition coefficient (Wildman–Crippen LogP) is 9.60. The van der Waals surface area contributed by atoms with Crippen LogP contribution in [-0.4, -0.2) is 29.5 Å². The summed E-state index contributed by atoms with van der Waals surface area (Å²) in [4.78, 5) is 6.57. The zero-order valence-electron chi connectivity index (χ0n) is 27.7. The number of phenols is 2. The van der Waals surface area contributed by atoms with E-state index in [1.807, 2.05) is 115 Å². The summed E-state index contributed by atoms with van der Waals surface area (Å²) >= 11 is 1.10. The monoisotopic (exact) mass is 687 g/mol. The van der Waals surface area contributed by atoms with Gasteiger partial charge >= 0.3 is 0 Å². The fourth-order valence-corrected chi connectivity index (χ4v) is 5.93. The fraction of sp³-hybridized carbons (Fsp3) is 0.122. The van der Waals surface area contributed by atoms with Crippen molar-refractivity contribution in [1.29, 1.82) is 0 Å². The maximum Gasteiger partial charge on any atom is 0.170 e. The lowest BCUT2D eigenvalue weighted by molar-refractivity contribution is -0.369. The van der Waals surface area contributed by atoms with Gasteiger partial charge in [-0.25, -0.2) is 0 Å². The number of phenolic OH excluding ortho intramolecular Hbond substituents is 2. The Kier molecular flexibility index (Phi) is 11.5. The molecular weight excluding hydrogens is 651 g/mol. The zero-order chi connectivity index (χ0) is 34.7. The van der Waals surface area contributed by atoms with Gasteiger partial charge in [-0.15, -0.1) is 14.4 Å². The molecule has 6 aromatic carbocycles. The normalized spacial score (nSPS) is 11.0. The van der Waals surface area contributed by atoms with Crippen LogP contribution in [0.5, 0.6) is 28.7 Å². The van der Waals surface area contributed by atoms with E-state index in [-0.39, 0.29) is 17.2 Å². The molecule has 0 aliphatic carbocycles. The third-order valence-electron chi connectivity index (χ3n) is 7.96. The maximum absolute atomic E-state index is 11.5. The van der Waals surface area contributed by atoms with Crippen LogP contribution < -0.4 is 14.2 Å². The number of benzene rings is 6. The topological polar surface area (TPSA) is 89.9 Å². The molecule has 0 atom stereocenters. The van der Waals surface area contributed by atoms with E-state index in [9.17, 15) is 10.2 Å². The van der Waals surface area contributed by atoms with Gasteiger partial charge in [-0.1, -0.05) is 109 Å². The van der Waals surface area contributed by atoms with Crippen LogP contribution >= 0.6 is 12.0 Å². The first-order chi connectivity index (χ1) is 24.5. The lowest BCUT2D eigenvalue weighted by Gasteiger charge is -2.20. The molecule has 0 aromatic heterocycles. The molecule has 0 amide bonds. The minimum absolute atomic E-state index is 0.0644. The molecule has 6 rings (SSSR count). The first-order valence-corrected chi connectivity index (χ1v) is 16.7. The van der Waals surface area contributed by atoms with Crippen LogP contribution in [0, 0.1) is 0 Å². The SMILES string of the molecule is COc1cc(-c2ccc(SOON(Cc3ccccc3)Cc3ccccc3)cc2)c(OC)c(O)c1-c1ccc(OCc2ccccc2)c(O)c1. The predicted molar refractivity (Wildman–Crippen MR) is 195 cm³/mol. The maximum atomic E-state index is 11.5. The summed E-state index contributed by atoms with van der Waals surface area (Å²) in [5.74, 6) is 0.814. The quantitative estimate of drug-likeness (QED) is 0.0622. The molecule has 8 nitrogen and oxygen atoms in total. The number of hydrogen-bond donors (Lipinski definition) is 2. The lowest BCUT2D eigenvalue weighted by Crippen LogP contribution is -2.22. The van der Waals surface area contributed by atoms with Gasteiger partial charge in [0.25, 0.3) is 0 Å². The molecule has 9 heteroatoms. The van der Waals surface area contributed by atoms with Gasteiger partial charge in [0.2, 0.25) is 0 Å². The molecule has 0 radical (unpaired) electrons. The third kappa shape index (κ3) is 8.58. The number of aromatic hydroxyl groups is 2. The second-order valence-electron chi connectivity index (χ2n) is 11.4. The molecule has 0 unspecified atom stereocenters. The molecular formula is C41H37NO7S. The van der Waals surface area contributed by atoms with Gasteiger partial charge < -0.3 is 24.4 Å². The van der Waals surface area contributed by atoms with E-state index in [1.54, 1.807) is 23.3 Å². The summed E-state index contributed by atoms with van der Waals surface area (Å²) < 4.78 is 22.9. The van der Waals surface area contributed by atoms with Crippen molar-refractivity contribution < 1.29 is 33.7 Å². The average Bonchev–Trinajstić information content (AvgIpc) is 3.15. The molecule has 6 aromatic rings. The summed E-state index contributed by atoms with van der Waals surface area (Å²) in [5, 5.41) is 24.0. The Morgan fingerprint density at radius 1 is 0.600 bits per heavy atom. The van der Waals surface area contributed by atoms with Crippen molar-refractivity contribution in [3.63, 3.8) is 0 Å². The highest BCUT2D eigenvalue weighted by Gasteiger charge is 2.23. The Morgan fingerprint density at radius 2 is 1.18 bits per heavy atom. The van der Waals surface area contributed by atoms with Crippen molar-refractivity contribution in [2.45, 2.75) is 24.6 Å². The number of nitrogens with zero attached hydrogens (tertiary/aromatic N) is 1. The van der Waals surface area contributed by atoms with E-state index >= 15 is 0 Å². The summed E-state index contributed by atoms with van der Waals surface area (Å²) in [7, 11) is 3.03. The number of hydroxylamine groups is 2. The van der Waals surface area contributed by atoms with Crippen LogP contribution in [0.1, 0.15) is 16.7 Å². The Balaban J connectivity index is 1.16. The van der Waals surface area contributed by atoms with E-state index < -0.39 is 0 Å². The molecule has 0 fully saturated rings. The van der Waals surface area contributed by atoms with Gasteiger partial charge in [-0.2, -0.15) is 0 Å². The zero-order valence-corrected chi connectivity index (χ0v) is 28.5. The van der Waals surface area contributed by atoms with Crippen molar-refractivity contribution >= 4 is 12.0 Å². The van der Waals surface area contributed by atoms with E-state index in [2.05, 4.69) is 0 Å². The first kappa shape index (κ1) is 34.4. The standard InChI is InChI=1S/C41H37NO7S/c1-45-38-25-35(41(46-2)40(44)39(38)33-20-23-37(36(43)24-33)47-28-31-16-10-5-11-17-31)32-18-21-34(22-19-32)50-49-48-42(26-29-12-6-3-7-13-29)27-30-14-8-4-9-15-30/h3-25,43-44H,26-28H2,1-2H3. The van der Waals surface area contributed by atoms with Crippen LogP contribution in [0.3, 0.4) is 0 Å². The summed E-state index contributed by atoms with van der Waals surface area (Å²) in [6.07, 6.45) is 0. The minimum atomic E-state index is -0.119. The molecule has 254 valence electrons. The molecule has 0 spiro atoms. The van der Waals surface area contributed by atoms with Crippen LogP contribution in [0.15, 0.2) is 144 Å².